The SMILES string of the molecule is CC(C)S(=O)C(C)C(=O)Nc1c(Cl)cc(N)cc1Cl. The normalized spacial score (nSPS) is 14.2. The van der Waals surface area contributed by atoms with E-state index in [0.717, 1.165) is 0 Å². The minimum absolute atomic E-state index is 0.0990. The van der Waals surface area contributed by atoms with Crippen molar-refractivity contribution in [2.45, 2.75) is 31.3 Å². The van der Waals surface area contributed by atoms with Crippen LogP contribution in [0.2, 0.25) is 10.0 Å². The van der Waals surface area contributed by atoms with E-state index >= 15 is 0 Å². The quantitative estimate of drug-likeness (QED) is 0.837. The molecule has 0 aliphatic carbocycles. The van der Waals surface area contributed by atoms with Crippen LogP contribution in [0.4, 0.5) is 11.4 Å². The van der Waals surface area contributed by atoms with E-state index in [4.69, 9.17) is 28.9 Å². The van der Waals surface area contributed by atoms with Crippen molar-refractivity contribution in [1.29, 1.82) is 0 Å². The van der Waals surface area contributed by atoms with Crippen LogP contribution in [0, 0.1) is 0 Å². The summed E-state index contributed by atoms with van der Waals surface area (Å²) in [4.78, 5) is 12.0. The monoisotopic (exact) mass is 322 g/mol. The Morgan fingerprint density at radius 1 is 1.26 bits per heavy atom. The fourth-order valence-corrected chi connectivity index (χ4v) is 3.14. The Morgan fingerprint density at radius 2 is 1.74 bits per heavy atom. The summed E-state index contributed by atoms with van der Waals surface area (Å²) in [6.07, 6.45) is 0. The summed E-state index contributed by atoms with van der Waals surface area (Å²) in [6, 6.07) is 2.99. The highest BCUT2D eigenvalue weighted by Gasteiger charge is 2.23. The second kappa shape index (κ2) is 6.59. The first-order chi connectivity index (χ1) is 8.73. The third-order valence-electron chi connectivity index (χ3n) is 2.49. The number of benzene rings is 1. The van der Waals surface area contributed by atoms with Crippen LogP contribution in [0.25, 0.3) is 0 Å². The molecule has 1 aromatic carbocycles. The number of halogens is 2. The van der Waals surface area contributed by atoms with Crippen LogP contribution in [-0.2, 0) is 15.6 Å². The fraction of sp³-hybridized carbons (Fsp3) is 0.417. The fourth-order valence-electron chi connectivity index (χ4n) is 1.45. The van der Waals surface area contributed by atoms with Crippen molar-refractivity contribution in [1.82, 2.24) is 0 Å². The predicted octanol–water partition coefficient (Wildman–Crippen LogP) is 3.06. The van der Waals surface area contributed by atoms with Crippen molar-refractivity contribution in [3.05, 3.63) is 22.2 Å². The number of amides is 1. The molecule has 1 amide bonds. The number of nitrogens with two attached hydrogens (primary N) is 1. The lowest BCUT2D eigenvalue weighted by molar-refractivity contribution is -0.115. The van der Waals surface area contributed by atoms with E-state index in [0.29, 0.717) is 5.69 Å². The predicted molar refractivity (Wildman–Crippen MR) is 82.2 cm³/mol. The van der Waals surface area contributed by atoms with Crippen molar-refractivity contribution < 1.29 is 9.00 Å². The van der Waals surface area contributed by atoms with E-state index in [9.17, 15) is 9.00 Å². The van der Waals surface area contributed by atoms with Gasteiger partial charge in [-0.15, -0.1) is 0 Å². The summed E-state index contributed by atoms with van der Waals surface area (Å²) in [7, 11) is -1.26. The molecule has 0 bridgehead atoms. The smallest absolute Gasteiger partial charge is 0.239 e. The maximum Gasteiger partial charge on any atom is 0.239 e. The van der Waals surface area contributed by atoms with Gasteiger partial charge in [0.15, 0.2) is 0 Å². The van der Waals surface area contributed by atoms with Gasteiger partial charge in [-0.3, -0.25) is 9.00 Å². The van der Waals surface area contributed by atoms with Gasteiger partial charge in [-0.25, -0.2) is 0 Å². The molecule has 0 saturated heterocycles. The van der Waals surface area contributed by atoms with Gasteiger partial charge in [-0.2, -0.15) is 0 Å². The minimum Gasteiger partial charge on any atom is -0.399 e. The van der Waals surface area contributed by atoms with Crippen LogP contribution in [0.5, 0.6) is 0 Å². The van der Waals surface area contributed by atoms with Crippen LogP contribution < -0.4 is 11.1 Å². The summed E-state index contributed by atoms with van der Waals surface area (Å²) in [5, 5.41) is 2.34. The third-order valence-corrected chi connectivity index (χ3v) is 4.93. The molecule has 1 rings (SSSR count). The molecule has 0 saturated carbocycles. The van der Waals surface area contributed by atoms with E-state index in [-0.39, 0.29) is 26.9 Å². The molecular formula is C12H16Cl2N2O2S. The highest BCUT2D eigenvalue weighted by molar-refractivity contribution is 7.87. The van der Waals surface area contributed by atoms with Crippen LogP contribution in [0.3, 0.4) is 0 Å². The molecule has 0 heterocycles. The van der Waals surface area contributed by atoms with E-state index in [2.05, 4.69) is 5.32 Å². The van der Waals surface area contributed by atoms with Crippen LogP contribution in [-0.4, -0.2) is 20.6 Å². The number of hydrogen-bond acceptors (Lipinski definition) is 3. The number of rotatable bonds is 4. The molecule has 19 heavy (non-hydrogen) atoms. The summed E-state index contributed by atoms with van der Waals surface area (Å²) in [6.45, 7) is 5.19. The maximum absolute atomic E-state index is 12.0. The highest BCUT2D eigenvalue weighted by atomic mass is 35.5. The van der Waals surface area contributed by atoms with Gasteiger partial charge in [0.05, 0.1) is 15.7 Å². The zero-order valence-corrected chi connectivity index (χ0v) is 13.2. The first-order valence-electron chi connectivity index (χ1n) is 5.68. The summed E-state index contributed by atoms with van der Waals surface area (Å²) in [5.41, 5.74) is 6.27. The van der Waals surface area contributed by atoms with Crippen molar-refractivity contribution >= 4 is 51.3 Å². The highest BCUT2D eigenvalue weighted by Crippen LogP contribution is 2.33. The Kier molecular flexibility index (Phi) is 5.64. The lowest BCUT2D eigenvalue weighted by Crippen LogP contribution is -2.32. The van der Waals surface area contributed by atoms with Gasteiger partial charge in [-0.1, -0.05) is 37.0 Å². The van der Waals surface area contributed by atoms with Crippen molar-refractivity contribution in [2.75, 3.05) is 11.1 Å². The molecule has 0 fully saturated rings. The molecule has 1 aromatic rings. The van der Waals surface area contributed by atoms with E-state index in [1.165, 1.54) is 12.1 Å². The zero-order valence-electron chi connectivity index (χ0n) is 10.9. The molecule has 7 heteroatoms. The molecule has 0 spiro atoms. The topological polar surface area (TPSA) is 72.2 Å². The van der Waals surface area contributed by atoms with E-state index in [1.807, 2.05) is 0 Å². The maximum atomic E-state index is 12.0. The number of nitrogens with one attached hydrogen (secondary N) is 1. The van der Waals surface area contributed by atoms with Crippen LogP contribution in [0.15, 0.2) is 12.1 Å². The molecule has 2 unspecified atom stereocenters. The molecular weight excluding hydrogens is 307 g/mol. The number of carbonyl (C=O) groups is 1. The van der Waals surface area contributed by atoms with E-state index < -0.39 is 16.0 Å². The molecule has 0 aliphatic rings. The number of nitrogen functional groups attached to an aromatic ring is 1. The molecule has 2 atom stereocenters. The zero-order chi connectivity index (χ0) is 14.7. The standard InChI is InChI=1S/C12H16Cl2N2O2S/c1-6(2)19(18)7(3)12(17)16-11-9(13)4-8(15)5-10(11)14/h4-7H,15H2,1-3H3,(H,16,17). The Labute approximate surface area is 125 Å². The number of hydrogen-bond donors (Lipinski definition) is 2. The second-order valence-corrected chi connectivity index (χ2v) is 7.49. The van der Waals surface area contributed by atoms with E-state index in [1.54, 1.807) is 20.8 Å². The average Bonchev–Trinajstić information content (AvgIpc) is 2.31. The van der Waals surface area contributed by atoms with Gasteiger partial charge in [0.2, 0.25) is 5.91 Å². The molecule has 0 aromatic heterocycles. The van der Waals surface area contributed by atoms with Crippen LogP contribution >= 0.6 is 23.2 Å². The number of anilines is 2. The Bertz CT molecular complexity index is 497. The Balaban J connectivity index is 2.92. The van der Waals surface area contributed by atoms with Gasteiger partial charge in [0.25, 0.3) is 0 Å². The van der Waals surface area contributed by atoms with Gasteiger partial charge in [0, 0.05) is 21.7 Å². The lowest BCUT2D eigenvalue weighted by atomic mass is 10.2. The average molecular weight is 323 g/mol. The van der Waals surface area contributed by atoms with Gasteiger partial charge < -0.3 is 11.1 Å². The lowest BCUT2D eigenvalue weighted by Gasteiger charge is -2.16. The van der Waals surface area contributed by atoms with Crippen molar-refractivity contribution in [2.24, 2.45) is 0 Å². The Morgan fingerprint density at radius 3 is 2.16 bits per heavy atom. The minimum atomic E-state index is -1.26. The van der Waals surface area contributed by atoms with Gasteiger partial charge in [0.1, 0.15) is 5.25 Å². The van der Waals surface area contributed by atoms with Gasteiger partial charge >= 0.3 is 0 Å². The first kappa shape index (κ1) is 16.3. The molecule has 4 nitrogen and oxygen atoms in total. The third kappa shape index (κ3) is 4.09. The summed E-state index contributed by atoms with van der Waals surface area (Å²) < 4.78 is 11.9. The van der Waals surface area contributed by atoms with Crippen molar-refractivity contribution in [3.63, 3.8) is 0 Å². The molecule has 0 radical (unpaired) electrons. The van der Waals surface area contributed by atoms with Gasteiger partial charge in [-0.05, 0) is 19.1 Å². The largest absolute Gasteiger partial charge is 0.399 e. The number of carbonyl (C=O) groups excluding carboxylic acids is 1. The second-order valence-electron chi connectivity index (χ2n) is 4.37. The molecule has 106 valence electrons. The molecule has 0 aliphatic heterocycles. The van der Waals surface area contributed by atoms with Crippen LogP contribution in [0.1, 0.15) is 20.8 Å². The first-order valence-corrected chi connectivity index (χ1v) is 7.72. The Hall–Kier alpha value is -0.780. The summed E-state index contributed by atoms with van der Waals surface area (Å²) >= 11 is 11.9. The molecule has 3 N–H and O–H groups in total. The van der Waals surface area contributed by atoms with Crippen molar-refractivity contribution in [3.8, 4) is 0 Å². The summed E-state index contributed by atoms with van der Waals surface area (Å²) in [5.74, 6) is -0.388.